The van der Waals surface area contributed by atoms with Gasteiger partial charge in [-0.25, -0.2) is 4.98 Å². The van der Waals surface area contributed by atoms with Gasteiger partial charge in [0.05, 0.1) is 23.3 Å². The first kappa shape index (κ1) is 18.5. The normalized spacial score (nSPS) is 12.5. The van der Waals surface area contributed by atoms with Crippen LogP contribution < -0.4 is 5.32 Å². The van der Waals surface area contributed by atoms with Crippen molar-refractivity contribution in [3.05, 3.63) is 59.1 Å². The van der Waals surface area contributed by atoms with Gasteiger partial charge in [-0.3, -0.25) is 9.69 Å². The van der Waals surface area contributed by atoms with Gasteiger partial charge in [-0.2, -0.15) is 0 Å². The van der Waals surface area contributed by atoms with Crippen LogP contribution in [0.5, 0.6) is 0 Å². The standard InChI is InChI=1S/C21H25N3OS/c1-4-15(2)16-9-11-17(12-10-16)22-20(25)13-24(3)14-21-23-18-7-5-6-8-19(18)26-21/h5-12,15H,4,13-14H2,1-3H3,(H,22,25)/t15-/m1/s1. The molecule has 0 unspecified atom stereocenters. The third-order valence-corrected chi connectivity index (χ3v) is 5.55. The second-order valence-corrected chi connectivity index (χ2v) is 7.84. The second-order valence-electron chi connectivity index (χ2n) is 6.73. The summed E-state index contributed by atoms with van der Waals surface area (Å²) in [6.45, 7) is 5.40. The quantitative estimate of drug-likeness (QED) is 0.647. The van der Waals surface area contributed by atoms with Crippen LogP contribution in [-0.2, 0) is 11.3 Å². The number of likely N-dealkylation sites (N-methyl/N-ethyl adjacent to an activating group) is 1. The monoisotopic (exact) mass is 367 g/mol. The minimum absolute atomic E-state index is 0.00935. The smallest absolute Gasteiger partial charge is 0.238 e. The molecular formula is C21H25N3OS. The highest BCUT2D eigenvalue weighted by Crippen LogP contribution is 2.22. The summed E-state index contributed by atoms with van der Waals surface area (Å²) in [5, 5.41) is 4.00. The predicted molar refractivity (Wildman–Crippen MR) is 110 cm³/mol. The van der Waals surface area contributed by atoms with Gasteiger partial charge in [-0.05, 0) is 49.2 Å². The number of rotatable bonds is 7. The molecule has 0 saturated heterocycles. The molecule has 0 spiro atoms. The molecule has 1 atom stereocenters. The lowest BCUT2D eigenvalue weighted by Gasteiger charge is -2.15. The highest BCUT2D eigenvalue weighted by molar-refractivity contribution is 7.18. The number of hydrogen-bond acceptors (Lipinski definition) is 4. The number of carbonyl (C=O) groups excluding carboxylic acids is 1. The number of fused-ring (bicyclic) bond motifs is 1. The molecule has 1 amide bonds. The fourth-order valence-electron chi connectivity index (χ4n) is 2.85. The topological polar surface area (TPSA) is 45.2 Å². The summed E-state index contributed by atoms with van der Waals surface area (Å²) >= 11 is 1.68. The molecule has 5 heteroatoms. The van der Waals surface area contributed by atoms with E-state index in [0.717, 1.165) is 22.6 Å². The molecule has 1 heterocycles. The molecule has 136 valence electrons. The zero-order chi connectivity index (χ0) is 18.5. The van der Waals surface area contributed by atoms with Crippen LogP contribution in [-0.4, -0.2) is 29.4 Å². The Morgan fingerprint density at radius 3 is 2.62 bits per heavy atom. The molecule has 1 aromatic heterocycles. The summed E-state index contributed by atoms with van der Waals surface area (Å²) in [7, 11) is 1.94. The van der Waals surface area contributed by atoms with Crippen LogP contribution in [0.4, 0.5) is 5.69 Å². The second kappa shape index (κ2) is 8.43. The van der Waals surface area contributed by atoms with Crippen molar-refractivity contribution in [2.24, 2.45) is 0 Å². The van der Waals surface area contributed by atoms with Crippen LogP contribution >= 0.6 is 11.3 Å². The average Bonchev–Trinajstić information content (AvgIpc) is 3.03. The number of amides is 1. The van der Waals surface area contributed by atoms with Crippen molar-refractivity contribution in [2.75, 3.05) is 18.9 Å². The Kier molecular flexibility index (Phi) is 6.01. The number of aromatic nitrogens is 1. The molecule has 0 radical (unpaired) electrons. The maximum atomic E-state index is 12.3. The van der Waals surface area contributed by atoms with Crippen molar-refractivity contribution in [1.82, 2.24) is 9.88 Å². The number of anilines is 1. The molecule has 0 saturated carbocycles. The van der Waals surface area contributed by atoms with Crippen LogP contribution in [0.3, 0.4) is 0 Å². The van der Waals surface area contributed by atoms with E-state index in [1.807, 2.05) is 42.3 Å². The van der Waals surface area contributed by atoms with Crippen molar-refractivity contribution in [2.45, 2.75) is 32.7 Å². The maximum absolute atomic E-state index is 12.3. The number of benzene rings is 2. The summed E-state index contributed by atoms with van der Waals surface area (Å²) in [6, 6.07) is 16.3. The van der Waals surface area contributed by atoms with Crippen LogP contribution in [0.2, 0.25) is 0 Å². The zero-order valence-corrected chi connectivity index (χ0v) is 16.3. The number of hydrogen-bond donors (Lipinski definition) is 1. The van der Waals surface area contributed by atoms with E-state index in [9.17, 15) is 4.79 Å². The average molecular weight is 368 g/mol. The van der Waals surface area contributed by atoms with Gasteiger partial charge in [0.1, 0.15) is 5.01 Å². The van der Waals surface area contributed by atoms with E-state index >= 15 is 0 Å². The molecule has 2 aromatic carbocycles. The third kappa shape index (κ3) is 4.68. The van der Waals surface area contributed by atoms with E-state index in [1.165, 1.54) is 10.3 Å². The van der Waals surface area contributed by atoms with E-state index in [4.69, 9.17) is 0 Å². The van der Waals surface area contributed by atoms with Crippen LogP contribution in [0, 0.1) is 0 Å². The molecule has 3 rings (SSSR count). The van der Waals surface area contributed by atoms with Gasteiger partial charge in [0.25, 0.3) is 0 Å². The Morgan fingerprint density at radius 2 is 1.92 bits per heavy atom. The molecule has 26 heavy (non-hydrogen) atoms. The third-order valence-electron chi connectivity index (χ3n) is 4.53. The van der Waals surface area contributed by atoms with E-state index in [2.05, 4.69) is 42.3 Å². The van der Waals surface area contributed by atoms with Crippen molar-refractivity contribution in [3.63, 3.8) is 0 Å². The summed E-state index contributed by atoms with van der Waals surface area (Å²) in [6.07, 6.45) is 1.11. The molecule has 0 bridgehead atoms. The Bertz CT molecular complexity index is 839. The van der Waals surface area contributed by atoms with E-state index in [0.29, 0.717) is 19.0 Å². The largest absolute Gasteiger partial charge is 0.325 e. The zero-order valence-electron chi connectivity index (χ0n) is 15.5. The molecule has 1 N–H and O–H groups in total. The number of para-hydroxylation sites is 1. The van der Waals surface area contributed by atoms with Crippen LogP contribution in [0.15, 0.2) is 48.5 Å². The molecule has 0 aliphatic rings. The van der Waals surface area contributed by atoms with Crippen molar-refractivity contribution < 1.29 is 4.79 Å². The maximum Gasteiger partial charge on any atom is 0.238 e. The summed E-state index contributed by atoms with van der Waals surface area (Å²) in [5.41, 5.74) is 3.17. The fourth-order valence-corrected chi connectivity index (χ4v) is 3.90. The summed E-state index contributed by atoms with van der Waals surface area (Å²) in [5.74, 6) is 0.532. The van der Waals surface area contributed by atoms with Crippen molar-refractivity contribution >= 4 is 33.1 Å². The lowest BCUT2D eigenvalue weighted by molar-refractivity contribution is -0.117. The Labute approximate surface area is 158 Å². The first-order valence-corrected chi connectivity index (χ1v) is 9.79. The Balaban J connectivity index is 1.53. The van der Waals surface area contributed by atoms with Crippen LogP contribution in [0.1, 0.15) is 36.8 Å². The Morgan fingerprint density at radius 1 is 1.19 bits per heavy atom. The fraction of sp³-hybridized carbons (Fsp3) is 0.333. The van der Waals surface area contributed by atoms with Gasteiger partial charge in [0.15, 0.2) is 0 Å². The Hall–Kier alpha value is -2.24. The summed E-state index contributed by atoms with van der Waals surface area (Å²) < 4.78 is 1.18. The molecule has 3 aromatic rings. The number of nitrogens with one attached hydrogen (secondary N) is 1. The number of carbonyl (C=O) groups is 1. The molecule has 0 aliphatic heterocycles. The van der Waals surface area contributed by atoms with Gasteiger partial charge in [-0.1, -0.05) is 38.1 Å². The lowest BCUT2D eigenvalue weighted by atomic mass is 9.99. The van der Waals surface area contributed by atoms with E-state index in [-0.39, 0.29) is 5.91 Å². The highest BCUT2D eigenvalue weighted by atomic mass is 32.1. The van der Waals surface area contributed by atoms with Gasteiger partial charge < -0.3 is 5.32 Å². The van der Waals surface area contributed by atoms with E-state index < -0.39 is 0 Å². The molecule has 4 nitrogen and oxygen atoms in total. The van der Waals surface area contributed by atoms with Crippen molar-refractivity contribution in [3.8, 4) is 0 Å². The molecule has 0 fully saturated rings. The first-order valence-electron chi connectivity index (χ1n) is 8.98. The molecule has 0 aliphatic carbocycles. The van der Waals surface area contributed by atoms with E-state index in [1.54, 1.807) is 11.3 Å². The number of nitrogens with zero attached hydrogens (tertiary/aromatic N) is 2. The van der Waals surface area contributed by atoms with Gasteiger partial charge in [0, 0.05) is 5.69 Å². The predicted octanol–water partition coefficient (Wildman–Crippen LogP) is 4.88. The van der Waals surface area contributed by atoms with Gasteiger partial charge >= 0.3 is 0 Å². The minimum atomic E-state index is -0.00935. The number of thiazole rings is 1. The molecular weight excluding hydrogens is 342 g/mol. The first-order chi connectivity index (χ1) is 12.5. The van der Waals surface area contributed by atoms with Gasteiger partial charge in [-0.15, -0.1) is 11.3 Å². The lowest BCUT2D eigenvalue weighted by Crippen LogP contribution is -2.29. The van der Waals surface area contributed by atoms with Gasteiger partial charge in [0.2, 0.25) is 5.91 Å². The van der Waals surface area contributed by atoms with Crippen LogP contribution in [0.25, 0.3) is 10.2 Å². The minimum Gasteiger partial charge on any atom is -0.325 e. The SMILES string of the molecule is CC[C@@H](C)c1ccc(NC(=O)CN(C)Cc2nc3ccccc3s2)cc1. The highest BCUT2D eigenvalue weighted by Gasteiger charge is 2.11. The summed E-state index contributed by atoms with van der Waals surface area (Å²) in [4.78, 5) is 18.9. The van der Waals surface area contributed by atoms with Crippen molar-refractivity contribution in [1.29, 1.82) is 0 Å².